The number of likely N-dealkylation sites (tertiary alicyclic amines) is 1. The van der Waals surface area contributed by atoms with Crippen LogP contribution in [0.15, 0.2) is 22.9 Å². The summed E-state index contributed by atoms with van der Waals surface area (Å²) in [5.74, 6) is -0.963. The number of carbonyl (C=O) groups is 1. The Hall–Kier alpha value is -1.40. The summed E-state index contributed by atoms with van der Waals surface area (Å²) < 4.78 is 3.11. The van der Waals surface area contributed by atoms with Crippen LogP contribution in [-0.4, -0.2) is 37.9 Å². The van der Waals surface area contributed by atoms with Crippen molar-refractivity contribution < 1.29 is 9.90 Å². The zero-order valence-electron chi connectivity index (χ0n) is 12.8. The maximum atomic E-state index is 11.4. The summed E-state index contributed by atoms with van der Waals surface area (Å²) in [7, 11) is 0. The van der Waals surface area contributed by atoms with E-state index in [1.54, 1.807) is 0 Å². The summed E-state index contributed by atoms with van der Waals surface area (Å²) >= 11 is 3.53. The highest BCUT2D eigenvalue weighted by molar-refractivity contribution is 9.10. The first-order chi connectivity index (χ1) is 10.5. The average Bonchev–Trinajstić information content (AvgIpc) is 2.84. The van der Waals surface area contributed by atoms with Crippen LogP contribution >= 0.6 is 15.9 Å². The molecule has 0 bridgehead atoms. The molecule has 6 heteroatoms. The minimum absolute atomic E-state index is 0.0463. The SMILES string of the molecule is Cc1cc(Br)cn2c(CN3CCC[C@@H](C(=O)O)[C@H]3C)cnc12. The number of piperidine rings is 1. The molecule has 0 spiro atoms. The molecule has 1 aliphatic rings. The number of pyridine rings is 1. The number of aliphatic carboxylic acids is 1. The lowest BCUT2D eigenvalue weighted by molar-refractivity contribution is -0.145. The Morgan fingerprint density at radius 2 is 2.32 bits per heavy atom. The molecule has 1 N–H and O–H groups in total. The van der Waals surface area contributed by atoms with Crippen LogP contribution in [-0.2, 0) is 11.3 Å². The highest BCUT2D eigenvalue weighted by atomic mass is 79.9. The van der Waals surface area contributed by atoms with Crippen LogP contribution < -0.4 is 0 Å². The lowest BCUT2D eigenvalue weighted by atomic mass is 9.90. The molecule has 1 aliphatic heterocycles. The Bertz CT molecular complexity index is 713. The Labute approximate surface area is 138 Å². The van der Waals surface area contributed by atoms with Gasteiger partial charge in [-0.2, -0.15) is 0 Å². The van der Waals surface area contributed by atoms with Gasteiger partial charge in [0.05, 0.1) is 17.8 Å². The van der Waals surface area contributed by atoms with Gasteiger partial charge < -0.3 is 9.51 Å². The number of rotatable bonds is 3. The third-order valence-electron chi connectivity index (χ3n) is 4.63. The molecule has 3 rings (SSSR count). The average molecular weight is 366 g/mol. The minimum atomic E-state index is -0.686. The fraction of sp³-hybridized carbons (Fsp3) is 0.500. The van der Waals surface area contributed by atoms with Crippen molar-refractivity contribution in [1.29, 1.82) is 0 Å². The molecule has 118 valence electrons. The first-order valence-corrected chi connectivity index (χ1v) is 8.35. The van der Waals surface area contributed by atoms with Crippen molar-refractivity contribution >= 4 is 27.5 Å². The summed E-state index contributed by atoms with van der Waals surface area (Å²) in [6.45, 7) is 5.72. The van der Waals surface area contributed by atoms with Crippen LogP contribution in [0.25, 0.3) is 5.65 Å². The van der Waals surface area contributed by atoms with Crippen LogP contribution in [0.1, 0.15) is 31.0 Å². The van der Waals surface area contributed by atoms with E-state index in [0.717, 1.165) is 47.3 Å². The van der Waals surface area contributed by atoms with E-state index in [-0.39, 0.29) is 12.0 Å². The van der Waals surface area contributed by atoms with Gasteiger partial charge in [-0.1, -0.05) is 0 Å². The van der Waals surface area contributed by atoms with Crippen molar-refractivity contribution in [2.45, 2.75) is 39.3 Å². The number of aromatic nitrogens is 2. The molecule has 0 radical (unpaired) electrons. The number of imidazole rings is 1. The van der Waals surface area contributed by atoms with E-state index >= 15 is 0 Å². The second-order valence-corrected chi connectivity index (χ2v) is 7.00. The summed E-state index contributed by atoms with van der Waals surface area (Å²) in [5.41, 5.74) is 3.17. The van der Waals surface area contributed by atoms with Gasteiger partial charge in [0, 0.05) is 23.3 Å². The predicted octanol–water partition coefficient (Wildman–Crippen LogP) is 3.09. The molecule has 0 amide bonds. The monoisotopic (exact) mass is 365 g/mol. The van der Waals surface area contributed by atoms with Crippen molar-refractivity contribution in [2.75, 3.05) is 6.54 Å². The van der Waals surface area contributed by atoms with Crippen molar-refractivity contribution in [3.8, 4) is 0 Å². The molecule has 0 saturated carbocycles. The van der Waals surface area contributed by atoms with Gasteiger partial charge in [-0.25, -0.2) is 4.98 Å². The second-order valence-electron chi connectivity index (χ2n) is 6.08. The second kappa shape index (κ2) is 6.01. The molecule has 0 unspecified atom stereocenters. The van der Waals surface area contributed by atoms with Crippen molar-refractivity contribution in [3.63, 3.8) is 0 Å². The largest absolute Gasteiger partial charge is 0.481 e. The van der Waals surface area contributed by atoms with Gasteiger partial charge in [-0.15, -0.1) is 0 Å². The molecular weight excluding hydrogens is 346 g/mol. The zero-order chi connectivity index (χ0) is 15.9. The number of fused-ring (bicyclic) bond motifs is 1. The molecule has 2 aromatic rings. The van der Waals surface area contributed by atoms with Crippen molar-refractivity contribution in [2.24, 2.45) is 5.92 Å². The normalized spacial score (nSPS) is 23.0. The van der Waals surface area contributed by atoms with E-state index in [4.69, 9.17) is 0 Å². The lowest BCUT2D eigenvalue weighted by Gasteiger charge is -2.37. The van der Waals surface area contributed by atoms with Crippen LogP contribution in [0, 0.1) is 12.8 Å². The maximum Gasteiger partial charge on any atom is 0.308 e. The summed E-state index contributed by atoms with van der Waals surface area (Å²) in [6, 6.07) is 2.10. The van der Waals surface area contributed by atoms with E-state index < -0.39 is 5.97 Å². The van der Waals surface area contributed by atoms with Gasteiger partial charge in [0.2, 0.25) is 0 Å². The van der Waals surface area contributed by atoms with E-state index in [1.807, 2.05) is 26.2 Å². The Morgan fingerprint density at radius 1 is 1.55 bits per heavy atom. The van der Waals surface area contributed by atoms with E-state index in [2.05, 4.69) is 36.3 Å². The number of aryl methyl sites for hydroxylation is 1. The predicted molar refractivity (Wildman–Crippen MR) is 87.9 cm³/mol. The molecule has 22 heavy (non-hydrogen) atoms. The zero-order valence-corrected chi connectivity index (χ0v) is 14.4. The third-order valence-corrected chi connectivity index (χ3v) is 5.07. The highest BCUT2D eigenvalue weighted by Crippen LogP contribution is 2.26. The number of carboxylic acids is 1. The van der Waals surface area contributed by atoms with Gasteiger partial charge in [0.25, 0.3) is 0 Å². The van der Waals surface area contributed by atoms with Gasteiger partial charge in [-0.3, -0.25) is 9.69 Å². The van der Waals surface area contributed by atoms with Crippen molar-refractivity contribution in [1.82, 2.24) is 14.3 Å². The van der Waals surface area contributed by atoms with Crippen LogP contribution in [0.5, 0.6) is 0 Å². The van der Waals surface area contributed by atoms with E-state index in [1.165, 1.54) is 0 Å². The van der Waals surface area contributed by atoms with Crippen LogP contribution in [0.3, 0.4) is 0 Å². The molecule has 2 aromatic heterocycles. The fourth-order valence-electron chi connectivity index (χ4n) is 3.36. The highest BCUT2D eigenvalue weighted by Gasteiger charge is 2.33. The number of carboxylic acid groups (broad SMARTS) is 1. The molecule has 0 aromatic carbocycles. The van der Waals surface area contributed by atoms with Crippen LogP contribution in [0.4, 0.5) is 0 Å². The van der Waals surface area contributed by atoms with Crippen LogP contribution in [0.2, 0.25) is 0 Å². The van der Waals surface area contributed by atoms with Crippen molar-refractivity contribution in [3.05, 3.63) is 34.2 Å². The van der Waals surface area contributed by atoms with E-state index in [0.29, 0.717) is 0 Å². The van der Waals surface area contributed by atoms with Gasteiger partial charge in [0.15, 0.2) is 0 Å². The first kappa shape index (κ1) is 15.5. The quantitative estimate of drug-likeness (QED) is 0.907. The smallest absolute Gasteiger partial charge is 0.308 e. The number of hydrogen-bond acceptors (Lipinski definition) is 3. The third kappa shape index (κ3) is 2.77. The fourth-order valence-corrected chi connectivity index (χ4v) is 3.90. The van der Waals surface area contributed by atoms with E-state index in [9.17, 15) is 9.90 Å². The number of nitrogens with zero attached hydrogens (tertiary/aromatic N) is 3. The standard InChI is InChI=1S/C16H20BrN3O2/c1-10-6-12(17)8-20-13(7-18-15(10)20)9-19-5-3-4-14(11(19)2)16(21)22/h6-8,11,14H,3-5,9H2,1-2H3,(H,21,22)/t11-,14-/m1/s1. The summed E-state index contributed by atoms with van der Waals surface area (Å²) in [6.07, 6.45) is 5.62. The maximum absolute atomic E-state index is 11.4. The Balaban J connectivity index is 1.88. The molecular formula is C16H20BrN3O2. The minimum Gasteiger partial charge on any atom is -0.481 e. The first-order valence-electron chi connectivity index (χ1n) is 7.56. The Kier molecular flexibility index (Phi) is 4.23. The van der Waals surface area contributed by atoms with Gasteiger partial charge in [0.1, 0.15) is 5.65 Å². The lowest BCUT2D eigenvalue weighted by Crippen LogP contribution is -2.45. The number of halogens is 1. The molecule has 5 nitrogen and oxygen atoms in total. The Morgan fingerprint density at radius 3 is 3.05 bits per heavy atom. The summed E-state index contributed by atoms with van der Waals surface area (Å²) in [4.78, 5) is 18.1. The molecule has 1 saturated heterocycles. The van der Waals surface area contributed by atoms with Gasteiger partial charge in [-0.05, 0) is 60.8 Å². The number of hydrogen-bond donors (Lipinski definition) is 1. The van der Waals surface area contributed by atoms with Gasteiger partial charge >= 0.3 is 5.97 Å². The molecule has 0 aliphatic carbocycles. The molecule has 2 atom stereocenters. The molecule has 3 heterocycles. The topological polar surface area (TPSA) is 57.8 Å². The summed E-state index contributed by atoms with van der Waals surface area (Å²) in [5, 5.41) is 9.35. The molecule has 1 fully saturated rings.